The smallest absolute Gasteiger partial charge is 0.151 e. The van der Waals surface area contributed by atoms with E-state index in [-0.39, 0.29) is 5.75 Å². The third-order valence-electron chi connectivity index (χ3n) is 4.37. The lowest BCUT2D eigenvalue weighted by molar-refractivity contribution is 0.230. The zero-order chi connectivity index (χ0) is 12.5. The molecule has 0 saturated carbocycles. The fourth-order valence-electron chi connectivity index (χ4n) is 3.33. The summed E-state index contributed by atoms with van der Waals surface area (Å²) in [4.78, 5) is 2.41. The third-order valence-corrected chi connectivity index (χ3v) is 6.06. The molecule has 2 aliphatic heterocycles. The molecule has 2 heterocycles. The highest BCUT2D eigenvalue weighted by molar-refractivity contribution is 7.91. The molecule has 0 amide bonds. The molecule has 100 valence electrons. The van der Waals surface area contributed by atoms with Crippen molar-refractivity contribution < 1.29 is 8.42 Å². The largest absolute Gasteiger partial charge is 0.316 e. The highest BCUT2D eigenvalue weighted by Gasteiger charge is 2.42. The second kappa shape index (κ2) is 5.24. The first kappa shape index (κ1) is 13.3. The predicted molar refractivity (Wildman–Crippen MR) is 69.8 cm³/mol. The maximum Gasteiger partial charge on any atom is 0.151 e. The van der Waals surface area contributed by atoms with Gasteiger partial charge in [-0.05, 0) is 31.3 Å². The van der Waals surface area contributed by atoms with E-state index in [9.17, 15) is 8.42 Å². The molecule has 1 N–H and O–H groups in total. The Hall–Kier alpha value is -0.130. The van der Waals surface area contributed by atoms with Gasteiger partial charge in [-0.25, -0.2) is 8.42 Å². The van der Waals surface area contributed by atoms with Crippen LogP contribution in [0, 0.1) is 11.8 Å². The summed E-state index contributed by atoms with van der Waals surface area (Å²) in [7, 11) is -2.82. The third kappa shape index (κ3) is 2.83. The van der Waals surface area contributed by atoms with Crippen molar-refractivity contribution in [3.63, 3.8) is 0 Å². The average molecular weight is 260 g/mol. The lowest BCUT2D eigenvalue weighted by atomic mass is 9.93. The maximum absolute atomic E-state index is 11.6. The van der Waals surface area contributed by atoms with E-state index in [1.807, 2.05) is 0 Å². The Labute approximate surface area is 105 Å². The first-order valence-corrected chi connectivity index (χ1v) is 8.54. The highest BCUT2D eigenvalue weighted by atomic mass is 32.2. The van der Waals surface area contributed by atoms with Crippen LogP contribution in [0.1, 0.15) is 20.3 Å². The Balaban J connectivity index is 1.93. The number of rotatable bonds is 5. The topological polar surface area (TPSA) is 49.4 Å². The van der Waals surface area contributed by atoms with Crippen LogP contribution in [0.3, 0.4) is 0 Å². The van der Waals surface area contributed by atoms with Gasteiger partial charge in [-0.2, -0.15) is 0 Å². The van der Waals surface area contributed by atoms with E-state index in [1.54, 1.807) is 6.92 Å². The molecule has 0 aromatic carbocycles. The molecule has 0 bridgehead atoms. The van der Waals surface area contributed by atoms with E-state index in [0.717, 1.165) is 44.4 Å². The summed E-state index contributed by atoms with van der Waals surface area (Å²) in [5.74, 6) is 2.08. The summed E-state index contributed by atoms with van der Waals surface area (Å²) in [6.45, 7) is 7.97. The maximum atomic E-state index is 11.6. The summed E-state index contributed by atoms with van der Waals surface area (Å²) in [6, 6.07) is 0.585. The van der Waals surface area contributed by atoms with Crippen LogP contribution in [-0.4, -0.2) is 57.0 Å². The number of likely N-dealkylation sites (tertiary alicyclic amines) is 1. The van der Waals surface area contributed by atoms with Crippen molar-refractivity contribution in [3.05, 3.63) is 0 Å². The van der Waals surface area contributed by atoms with Crippen LogP contribution in [0.15, 0.2) is 0 Å². The van der Waals surface area contributed by atoms with Gasteiger partial charge in [0, 0.05) is 24.9 Å². The Morgan fingerprint density at radius 1 is 1.29 bits per heavy atom. The number of nitrogens with zero attached hydrogens (tertiary/aromatic N) is 1. The van der Waals surface area contributed by atoms with Gasteiger partial charge in [-0.3, -0.25) is 4.90 Å². The summed E-state index contributed by atoms with van der Waals surface area (Å²) >= 11 is 0. The fraction of sp³-hybridized carbons (Fsp3) is 1.00. The lowest BCUT2D eigenvalue weighted by Gasteiger charge is -2.26. The molecule has 2 saturated heterocycles. The van der Waals surface area contributed by atoms with E-state index in [1.165, 1.54) is 0 Å². The molecule has 5 heteroatoms. The molecule has 2 aliphatic rings. The molecule has 0 radical (unpaired) electrons. The zero-order valence-corrected chi connectivity index (χ0v) is 11.7. The number of nitrogens with one attached hydrogen (secondary N) is 1. The second-order valence-corrected chi connectivity index (χ2v) is 7.76. The van der Waals surface area contributed by atoms with Gasteiger partial charge in [0.05, 0.1) is 5.75 Å². The quantitative estimate of drug-likeness (QED) is 0.775. The Morgan fingerprint density at radius 3 is 2.71 bits per heavy atom. The molecular weight excluding hydrogens is 236 g/mol. The van der Waals surface area contributed by atoms with Crippen molar-refractivity contribution in [3.8, 4) is 0 Å². The van der Waals surface area contributed by atoms with Crippen LogP contribution < -0.4 is 5.32 Å². The molecule has 0 aromatic heterocycles. The molecular formula is C12H24N2O2S. The van der Waals surface area contributed by atoms with Crippen molar-refractivity contribution in [2.45, 2.75) is 26.3 Å². The van der Waals surface area contributed by atoms with Crippen LogP contribution in [0.5, 0.6) is 0 Å². The number of sulfone groups is 1. The van der Waals surface area contributed by atoms with Crippen molar-refractivity contribution in [1.29, 1.82) is 0 Å². The van der Waals surface area contributed by atoms with Gasteiger partial charge < -0.3 is 5.32 Å². The van der Waals surface area contributed by atoms with Crippen LogP contribution in [0.25, 0.3) is 0 Å². The van der Waals surface area contributed by atoms with E-state index < -0.39 is 9.84 Å². The first-order valence-electron chi connectivity index (χ1n) is 6.72. The predicted octanol–water partition coefficient (Wildman–Crippen LogP) is 0.351. The molecule has 3 unspecified atom stereocenters. The Bertz CT molecular complexity index is 356. The molecule has 2 rings (SSSR count). The second-order valence-electron chi connectivity index (χ2n) is 5.29. The average Bonchev–Trinajstić information content (AvgIpc) is 2.85. The summed E-state index contributed by atoms with van der Waals surface area (Å²) in [5.41, 5.74) is 0. The number of hydrogen-bond donors (Lipinski definition) is 1. The van der Waals surface area contributed by atoms with Crippen LogP contribution in [0.4, 0.5) is 0 Å². The molecule has 0 aliphatic carbocycles. The van der Waals surface area contributed by atoms with Crippen molar-refractivity contribution in [2.24, 2.45) is 11.8 Å². The van der Waals surface area contributed by atoms with Gasteiger partial charge in [0.2, 0.25) is 0 Å². The number of fused-ring (bicyclic) bond motifs is 1. The molecule has 4 nitrogen and oxygen atoms in total. The van der Waals surface area contributed by atoms with Gasteiger partial charge in [0.15, 0.2) is 9.84 Å². The summed E-state index contributed by atoms with van der Waals surface area (Å²) in [5, 5.41) is 3.45. The van der Waals surface area contributed by atoms with Gasteiger partial charge in [-0.1, -0.05) is 13.8 Å². The van der Waals surface area contributed by atoms with Crippen LogP contribution in [-0.2, 0) is 9.84 Å². The van der Waals surface area contributed by atoms with Crippen LogP contribution >= 0.6 is 0 Å². The minimum absolute atomic E-state index is 0.270. The molecule has 17 heavy (non-hydrogen) atoms. The van der Waals surface area contributed by atoms with Crippen molar-refractivity contribution in [1.82, 2.24) is 10.2 Å². The van der Waals surface area contributed by atoms with E-state index >= 15 is 0 Å². The Kier molecular flexibility index (Phi) is 4.10. The van der Waals surface area contributed by atoms with Crippen molar-refractivity contribution in [2.75, 3.05) is 37.7 Å². The molecule has 0 spiro atoms. The first-order chi connectivity index (χ1) is 8.07. The van der Waals surface area contributed by atoms with Gasteiger partial charge >= 0.3 is 0 Å². The SMILES string of the molecule is CCC1C2CNCC2CN1CCS(=O)(=O)CC. The molecule has 3 atom stereocenters. The van der Waals surface area contributed by atoms with Crippen molar-refractivity contribution >= 4 is 9.84 Å². The zero-order valence-electron chi connectivity index (χ0n) is 10.9. The molecule has 2 fully saturated rings. The summed E-state index contributed by atoms with van der Waals surface area (Å²) < 4.78 is 23.1. The van der Waals surface area contributed by atoms with Crippen LogP contribution in [0.2, 0.25) is 0 Å². The standard InChI is InChI=1S/C12H24N2O2S/c1-3-12-11-8-13-7-10(11)9-14(12)5-6-17(15,16)4-2/h10-13H,3-9H2,1-2H3. The minimum atomic E-state index is -2.82. The minimum Gasteiger partial charge on any atom is -0.316 e. The van der Waals surface area contributed by atoms with Gasteiger partial charge in [0.25, 0.3) is 0 Å². The highest BCUT2D eigenvalue weighted by Crippen LogP contribution is 2.33. The van der Waals surface area contributed by atoms with Gasteiger partial charge in [0.1, 0.15) is 0 Å². The fourth-order valence-corrected chi connectivity index (χ4v) is 4.13. The normalized spacial score (nSPS) is 34.1. The van der Waals surface area contributed by atoms with E-state index in [2.05, 4.69) is 17.1 Å². The molecule has 0 aromatic rings. The Morgan fingerprint density at radius 2 is 2.06 bits per heavy atom. The number of hydrogen-bond acceptors (Lipinski definition) is 4. The monoisotopic (exact) mass is 260 g/mol. The lowest BCUT2D eigenvalue weighted by Crippen LogP contribution is -2.38. The van der Waals surface area contributed by atoms with E-state index in [0.29, 0.717) is 11.8 Å². The van der Waals surface area contributed by atoms with Gasteiger partial charge in [-0.15, -0.1) is 0 Å². The van der Waals surface area contributed by atoms with E-state index in [4.69, 9.17) is 0 Å². The summed E-state index contributed by atoms with van der Waals surface area (Å²) in [6.07, 6.45) is 1.13.